The first kappa shape index (κ1) is 16.0. The summed E-state index contributed by atoms with van der Waals surface area (Å²) in [4.78, 5) is 1.89. The number of para-hydroxylation sites is 1. The zero-order valence-corrected chi connectivity index (χ0v) is 11.8. The Hall–Kier alpha value is -2.08. The Labute approximate surface area is 119 Å². The van der Waals surface area contributed by atoms with Crippen LogP contribution in [0.4, 0.5) is 0 Å². The monoisotopic (exact) mass is 273 g/mol. The second kappa shape index (κ2) is 8.16. The van der Waals surface area contributed by atoms with Gasteiger partial charge in [0, 0.05) is 13.1 Å². The highest BCUT2D eigenvalue weighted by atomic mass is 16.5. The maximum Gasteiger partial charge on any atom is 0.137 e. The molecule has 0 bridgehead atoms. The Morgan fingerprint density at radius 3 is 2.65 bits per heavy atom. The average Bonchev–Trinajstić information content (AvgIpc) is 2.45. The topological polar surface area (TPSA) is 80.3 Å². The van der Waals surface area contributed by atoms with Gasteiger partial charge in [-0.25, -0.2) is 0 Å². The minimum Gasteiger partial charge on any atom is -0.489 e. The molecule has 1 N–H and O–H groups in total. The summed E-state index contributed by atoms with van der Waals surface area (Å²) < 4.78 is 5.46. The molecule has 106 valence electrons. The van der Waals surface area contributed by atoms with Gasteiger partial charge in [0.15, 0.2) is 0 Å². The fourth-order valence-corrected chi connectivity index (χ4v) is 1.87. The lowest BCUT2D eigenvalue weighted by molar-refractivity contribution is 0.0743. The Kier molecular flexibility index (Phi) is 6.52. The zero-order chi connectivity index (χ0) is 15.0. The predicted molar refractivity (Wildman–Crippen MR) is 74.9 cm³/mol. The molecule has 0 aliphatic rings. The molecule has 0 aliphatic heterocycles. The van der Waals surface area contributed by atoms with Gasteiger partial charge in [-0.05, 0) is 26.1 Å². The third kappa shape index (κ3) is 5.27. The van der Waals surface area contributed by atoms with Crippen molar-refractivity contribution < 1.29 is 9.84 Å². The maximum atomic E-state index is 9.90. The number of nitriles is 2. The summed E-state index contributed by atoms with van der Waals surface area (Å²) in [6.45, 7) is 2.97. The van der Waals surface area contributed by atoms with Gasteiger partial charge in [-0.1, -0.05) is 12.1 Å². The molecule has 1 rings (SSSR count). The lowest BCUT2D eigenvalue weighted by Gasteiger charge is -2.21. The summed E-state index contributed by atoms with van der Waals surface area (Å²) in [6, 6.07) is 11.1. The number of ether oxygens (including phenoxy) is 1. The summed E-state index contributed by atoms with van der Waals surface area (Å²) in [5.41, 5.74) is 0.450. The van der Waals surface area contributed by atoms with Crippen molar-refractivity contribution in [3.63, 3.8) is 0 Å². The molecule has 0 aliphatic carbocycles. The van der Waals surface area contributed by atoms with Crippen LogP contribution in [0.1, 0.15) is 12.5 Å². The van der Waals surface area contributed by atoms with Gasteiger partial charge < -0.3 is 14.7 Å². The van der Waals surface area contributed by atoms with Gasteiger partial charge in [0.2, 0.25) is 0 Å². The van der Waals surface area contributed by atoms with Crippen LogP contribution in [0.15, 0.2) is 24.3 Å². The zero-order valence-electron chi connectivity index (χ0n) is 11.8. The summed E-state index contributed by atoms with van der Waals surface area (Å²) in [5.74, 6) is 0.398. The average molecular weight is 273 g/mol. The highest BCUT2D eigenvalue weighted by Crippen LogP contribution is 2.16. The van der Waals surface area contributed by atoms with Gasteiger partial charge in [0.1, 0.15) is 24.5 Å². The molecule has 0 saturated heterocycles. The molecule has 0 aromatic heterocycles. The molecular weight excluding hydrogens is 254 g/mol. The minimum absolute atomic E-state index is 0.0765. The van der Waals surface area contributed by atoms with E-state index < -0.39 is 6.10 Å². The van der Waals surface area contributed by atoms with Crippen molar-refractivity contribution in [3.8, 4) is 17.9 Å². The summed E-state index contributed by atoms with van der Waals surface area (Å²) >= 11 is 0. The molecule has 5 nitrogen and oxygen atoms in total. The number of nitrogens with zero attached hydrogens (tertiary/aromatic N) is 3. The molecule has 0 saturated carbocycles. The van der Waals surface area contributed by atoms with Crippen molar-refractivity contribution in [1.29, 1.82) is 10.5 Å². The molecule has 0 heterocycles. The van der Waals surface area contributed by atoms with Crippen LogP contribution in [-0.2, 0) is 0 Å². The second-order valence-electron chi connectivity index (χ2n) is 4.82. The molecule has 20 heavy (non-hydrogen) atoms. The van der Waals surface area contributed by atoms with Crippen molar-refractivity contribution in [2.45, 2.75) is 13.0 Å². The molecule has 1 aromatic rings. The van der Waals surface area contributed by atoms with Crippen LogP contribution >= 0.6 is 0 Å². The predicted octanol–water partition coefficient (Wildman–Crippen LogP) is 1.39. The Bertz CT molecular complexity index is 505. The minimum atomic E-state index is -0.669. The molecule has 2 unspecified atom stereocenters. The number of hydrogen-bond donors (Lipinski definition) is 1. The van der Waals surface area contributed by atoms with Crippen LogP contribution in [0.2, 0.25) is 0 Å². The number of hydrogen-bond acceptors (Lipinski definition) is 5. The third-order valence-electron chi connectivity index (χ3n) is 2.77. The standard InChI is InChI=1S/C15H19N3O2/c1-12(7-16)9-18(2)10-14(19)11-20-15-6-4-3-5-13(15)8-17/h3-6,12,14,19H,9-11H2,1-2H3. The van der Waals surface area contributed by atoms with Gasteiger partial charge in [0.05, 0.1) is 17.6 Å². The van der Waals surface area contributed by atoms with Gasteiger partial charge in [0.25, 0.3) is 0 Å². The summed E-state index contributed by atoms with van der Waals surface area (Å²) in [5, 5.41) is 27.6. The Morgan fingerprint density at radius 1 is 1.30 bits per heavy atom. The van der Waals surface area contributed by atoms with Gasteiger partial charge in [-0.2, -0.15) is 10.5 Å². The first-order valence-corrected chi connectivity index (χ1v) is 6.45. The van der Waals surface area contributed by atoms with Gasteiger partial charge in [-0.3, -0.25) is 0 Å². The first-order chi connectivity index (χ1) is 9.56. The maximum absolute atomic E-state index is 9.90. The highest BCUT2D eigenvalue weighted by Gasteiger charge is 2.12. The van der Waals surface area contributed by atoms with Crippen molar-refractivity contribution in [1.82, 2.24) is 4.90 Å². The van der Waals surface area contributed by atoms with E-state index >= 15 is 0 Å². The number of aliphatic hydroxyl groups excluding tert-OH is 1. The Morgan fingerprint density at radius 2 is 2.00 bits per heavy atom. The molecular formula is C15H19N3O2. The van der Waals surface area contributed by atoms with E-state index in [4.69, 9.17) is 15.3 Å². The molecule has 0 spiro atoms. The normalized spacial score (nSPS) is 13.3. The van der Waals surface area contributed by atoms with Crippen LogP contribution in [-0.4, -0.2) is 42.9 Å². The fourth-order valence-electron chi connectivity index (χ4n) is 1.87. The van der Waals surface area contributed by atoms with Crippen LogP contribution in [0.3, 0.4) is 0 Å². The second-order valence-corrected chi connectivity index (χ2v) is 4.82. The summed E-state index contributed by atoms with van der Waals surface area (Å²) in [7, 11) is 1.85. The van der Waals surface area contributed by atoms with Crippen molar-refractivity contribution in [2.24, 2.45) is 5.92 Å². The van der Waals surface area contributed by atoms with Crippen LogP contribution < -0.4 is 4.74 Å². The van der Waals surface area contributed by atoms with Crippen molar-refractivity contribution in [2.75, 3.05) is 26.7 Å². The first-order valence-electron chi connectivity index (χ1n) is 6.45. The number of likely N-dealkylation sites (N-methyl/N-ethyl adjacent to an activating group) is 1. The van der Waals surface area contributed by atoms with Gasteiger partial charge in [-0.15, -0.1) is 0 Å². The lowest BCUT2D eigenvalue weighted by atomic mass is 10.2. The van der Waals surface area contributed by atoms with Crippen LogP contribution in [0, 0.1) is 28.6 Å². The fraction of sp³-hybridized carbons (Fsp3) is 0.467. The number of rotatable bonds is 7. The molecule has 0 fully saturated rings. The SMILES string of the molecule is CC(C#N)CN(C)CC(O)COc1ccccc1C#N. The van der Waals surface area contributed by atoms with E-state index in [0.29, 0.717) is 24.4 Å². The van der Waals surface area contributed by atoms with E-state index in [2.05, 4.69) is 6.07 Å². The Balaban J connectivity index is 2.42. The van der Waals surface area contributed by atoms with E-state index in [-0.39, 0.29) is 12.5 Å². The van der Waals surface area contributed by atoms with Crippen LogP contribution in [0.25, 0.3) is 0 Å². The number of benzene rings is 1. The molecule has 5 heteroatoms. The van der Waals surface area contributed by atoms with Gasteiger partial charge >= 0.3 is 0 Å². The summed E-state index contributed by atoms with van der Waals surface area (Å²) in [6.07, 6.45) is -0.669. The van der Waals surface area contributed by atoms with Crippen molar-refractivity contribution in [3.05, 3.63) is 29.8 Å². The van der Waals surface area contributed by atoms with Crippen molar-refractivity contribution >= 4 is 0 Å². The molecule has 0 amide bonds. The highest BCUT2D eigenvalue weighted by molar-refractivity contribution is 5.42. The van der Waals surface area contributed by atoms with E-state index in [0.717, 1.165) is 0 Å². The number of aliphatic hydroxyl groups is 1. The van der Waals surface area contributed by atoms with E-state index in [1.54, 1.807) is 24.3 Å². The smallest absolute Gasteiger partial charge is 0.137 e. The molecule has 1 aromatic carbocycles. The lowest BCUT2D eigenvalue weighted by Crippen LogP contribution is -2.35. The largest absolute Gasteiger partial charge is 0.489 e. The third-order valence-corrected chi connectivity index (χ3v) is 2.77. The molecule has 2 atom stereocenters. The van der Waals surface area contributed by atoms with E-state index in [1.807, 2.05) is 24.9 Å². The van der Waals surface area contributed by atoms with E-state index in [9.17, 15) is 5.11 Å². The van der Waals surface area contributed by atoms with Crippen LogP contribution in [0.5, 0.6) is 5.75 Å². The van der Waals surface area contributed by atoms with E-state index in [1.165, 1.54) is 0 Å². The molecule has 0 radical (unpaired) electrons. The quantitative estimate of drug-likeness (QED) is 0.812.